The van der Waals surface area contributed by atoms with Crippen LogP contribution in [0, 0.1) is 6.92 Å². The van der Waals surface area contributed by atoms with Gasteiger partial charge in [-0.1, -0.05) is 12.1 Å². The number of aromatic nitrogens is 2. The lowest BCUT2D eigenvalue weighted by atomic mass is 10.1. The number of nitrogens with zero attached hydrogens (tertiary/aromatic N) is 3. The lowest BCUT2D eigenvalue weighted by molar-refractivity contribution is -0.137. The highest BCUT2D eigenvalue weighted by Crippen LogP contribution is 2.30. The standard InChI is InChI=1S/C24H23F3N6OS/c1-14-7-8-17(32-23(34)15-5-4-6-16(9-15)24(25,26)27)10-19(14)33-22(28)18(12-29-2)20-11-21(35-3)31-13-30-20/h4-13,29H,1-3H3,(H2,28,33)(H,32,34)/b18-12-. The molecule has 0 unspecified atom stereocenters. The first kappa shape index (κ1) is 25.8. The van der Waals surface area contributed by atoms with E-state index in [0.29, 0.717) is 22.6 Å². The summed E-state index contributed by atoms with van der Waals surface area (Å²) in [7, 11) is 1.72. The van der Waals surface area contributed by atoms with Crippen molar-refractivity contribution in [3.63, 3.8) is 0 Å². The number of aryl methyl sites for hydroxylation is 1. The van der Waals surface area contributed by atoms with Crippen molar-refractivity contribution in [3.8, 4) is 0 Å². The van der Waals surface area contributed by atoms with E-state index in [9.17, 15) is 18.0 Å². The number of amides is 1. The molecule has 7 nitrogen and oxygen atoms in total. The third kappa shape index (κ3) is 6.60. The van der Waals surface area contributed by atoms with Crippen LogP contribution in [-0.4, -0.2) is 35.0 Å². The minimum atomic E-state index is -4.54. The van der Waals surface area contributed by atoms with Crippen LogP contribution in [0.4, 0.5) is 24.5 Å². The number of benzene rings is 2. The van der Waals surface area contributed by atoms with Crippen LogP contribution in [0.2, 0.25) is 0 Å². The molecule has 3 rings (SSSR count). The largest absolute Gasteiger partial charge is 0.416 e. The van der Waals surface area contributed by atoms with Gasteiger partial charge in [0.05, 0.1) is 27.5 Å². The number of nitrogens with two attached hydrogens (primary N) is 1. The second-order valence-electron chi connectivity index (χ2n) is 7.32. The van der Waals surface area contributed by atoms with E-state index in [-0.39, 0.29) is 11.4 Å². The molecule has 0 aliphatic rings. The maximum atomic E-state index is 13.0. The van der Waals surface area contributed by atoms with E-state index in [0.717, 1.165) is 22.7 Å². The van der Waals surface area contributed by atoms with Gasteiger partial charge in [-0.3, -0.25) is 4.79 Å². The summed E-state index contributed by atoms with van der Waals surface area (Å²) in [6, 6.07) is 11.0. The first-order chi connectivity index (χ1) is 16.6. The van der Waals surface area contributed by atoms with Crippen molar-refractivity contribution in [2.24, 2.45) is 10.7 Å². The highest BCUT2D eigenvalue weighted by Gasteiger charge is 2.30. The van der Waals surface area contributed by atoms with Crippen LogP contribution in [-0.2, 0) is 6.18 Å². The van der Waals surface area contributed by atoms with Gasteiger partial charge in [-0.25, -0.2) is 15.0 Å². The molecule has 3 aromatic rings. The van der Waals surface area contributed by atoms with Gasteiger partial charge in [0.1, 0.15) is 12.2 Å². The van der Waals surface area contributed by atoms with Crippen molar-refractivity contribution in [1.29, 1.82) is 0 Å². The Morgan fingerprint density at radius 2 is 1.91 bits per heavy atom. The zero-order chi connectivity index (χ0) is 25.6. The first-order valence-corrected chi connectivity index (χ1v) is 11.5. The zero-order valence-corrected chi connectivity index (χ0v) is 20.0. The fraction of sp³-hybridized carbons (Fsp3) is 0.167. The molecule has 11 heteroatoms. The third-order valence-electron chi connectivity index (χ3n) is 4.85. The number of alkyl halides is 3. The van der Waals surface area contributed by atoms with Crippen molar-refractivity contribution < 1.29 is 18.0 Å². The molecule has 1 aromatic heterocycles. The molecule has 0 radical (unpaired) electrons. The summed E-state index contributed by atoms with van der Waals surface area (Å²) in [6.07, 6.45) is 0.457. The summed E-state index contributed by atoms with van der Waals surface area (Å²) >= 11 is 1.46. The Morgan fingerprint density at radius 1 is 1.14 bits per heavy atom. The molecule has 0 bridgehead atoms. The van der Waals surface area contributed by atoms with Crippen molar-refractivity contribution in [2.75, 3.05) is 18.6 Å². The van der Waals surface area contributed by atoms with Crippen molar-refractivity contribution in [3.05, 3.63) is 83.4 Å². The number of thioether (sulfide) groups is 1. The van der Waals surface area contributed by atoms with E-state index in [4.69, 9.17) is 5.73 Å². The second kappa shape index (κ2) is 11.0. The number of hydrogen-bond acceptors (Lipinski definition) is 6. The van der Waals surface area contributed by atoms with E-state index >= 15 is 0 Å². The van der Waals surface area contributed by atoms with Crippen molar-refractivity contribution in [2.45, 2.75) is 18.1 Å². The van der Waals surface area contributed by atoms with Crippen LogP contribution in [0.5, 0.6) is 0 Å². The molecule has 0 saturated heterocycles. The molecule has 0 fully saturated rings. The van der Waals surface area contributed by atoms with E-state index in [1.54, 1.807) is 37.5 Å². The maximum absolute atomic E-state index is 13.0. The second-order valence-corrected chi connectivity index (χ2v) is 8.15. The van der Waals surface area contributed by atoms with Crippen LogP contribution < -0.4 is 16.4 Å². The molecular formula is C24H23F3N6OS. The summed E-state index contributed by atoms with van der Waals surface area (Å²) < 4.78 is 39.0. The Hall–Kier alpha value is -3.86. The van der Waals surface area contributed by atoms with Gasteiger partial charge in [-0.05, 0) is 55.1 Å². The molecule has 35 heavy (non-hydrogen) atoms. The van der Waals surface area contributed by atoms with Crippen LogP contribution in [0.3, 0.4) is 0 Å². The molecule has 0 atom stereocenters. The van der Waals surface area contributed by atoms with Crippen LogP contribution in [0.15, 0.2) is 71.1 Å². The lowest BCUT2D eigenvalue weighted by Crippen LogP contribution is -2.17. The Balaban J connectivity index is 1.89. The quantitative estimate of drug-likeness (QED) is 0.182. The molecule has 2 aromatic carbocycles. The molecule has 0 aliphatic carbocycles. The fourth-order valence-electron chi connectivity index (χ4n) is 3.06. The highest BCUT2D eigenvalue weighted by molar-refractivity contribution is 7.98. The predicted octanol–water partition coefficient (Wildman–Crippen LogP) is 5.03. The van der Waals surface area contributed by atoms with E-state index < -0.39 is 17.6 Å². The topological polar surface area (TPSA) is 105 Å². The number of rotatable bonds is 7. The average Bonchev–Trinajstić information content (AvgIpc) is 2.84. The minimum absolute atomic E-state index is 0.113. The molecule has 1 heterocycles. The van der Waals surface area contributed by atoms with Gasteiger partial charge >= 0.3 is 6.18 Å². The van der Waals surface area contributed by atoms with Gasteiger partial charge in [0.2, 0.25) is 0 Å². The van der Waals surface area contributed by atoms with Gasteiger partial charge in [-0.2, -0.15) is 13.2 Å². The number of hydrogen-bond donors (Lipinski definition) is 3. The van der Waals surface area contributed by atoms with Gasteiger partial charge in [0, 0.05) is 24.5 Å². The predicted molar refractivity (Wildman–Crippen MR) is 133 cm³/mol. The third-order valence-corrected chi connectivity index (χ3v) is 5.49. The summed E-state index contributed by atoms with van der Waals surface area (Å²) in [6.45, 7) is 1.82. The molecular weight excluding hydrogens is 477 g/mol. The monoisotopic (exact) mass is 500 g/mol. The molecule has 4 N–H and O–H groups in total. The molecule has 0 aliphatic heterocycles. The fourth-order valence-corrected chi connectivity index (χ4v) is 3.44. The molecule has 182 valence electrons. The Bertz CT molecular complexity index is 1290. The number of aliphatic imine (C=N–C) groups is 1. The average molecular weight is 501 g/mol. The molecule has 0 spiro atoms. The number of anilines is 1. The minimum Gasteiger partial charge on any atom is -0.393 e. The first-order valence-electron chi connectivity index (χ1n) is 10.3. The number of amidine groups is 1. The number of halogens is 3. The summed E-state index contributed by atoms with van der Waals surface area (Å²) in [5, 5.41) is 6.30. The van der Waals surface area contributed by atoms with Gasteiger partial charge in [0.25, 0.3) is 5.91 Å². The van der Waals surface area contributed by atoms with Gasteiger partial charge in [0.15, 0.2) is 0 Å². The van der Waals surface area contributed by atoms with Crippen LogP contribution in [0.1, 0.15) is 27.2 Å². The molecule has 0 saturated carbocycles. The SMILES string of the molecule is CN/C=C(\C(N)=Nc1cc(NC(=O)c2cccc(C(F)(F)F)c2)ccc1C)c1cc(SC)ncn1. The maximum Gasteiger partial charge on any atom is 0.416 e. The lowest BCUT2D eigenvalue weighted by Gasteiger charge is -2.11. The van der Waals surface area contributed by atoms with Crippen molar-refractivity contribution >= 4 is 40.5 Å². The van der Waals surface area contributed by atoms with E-state index in [1.165, 1.54) is 30.2 Å². The number of carbonyl (C=O) groups excluding carboxylic acids is 1. The van der Waals surface area contributed by atoms with E-state index in [2.05, 4.69) is 25.6 Å². The summed E-state index contributed by atoms with van der Waals surface area (Å²) in [4.78, 5) is 25.5. The summed E-state index contributed by atoms with van der Waals surface area (Å²) in [5.74, 6) is -0.501. The number of carbonyl (C=O) groups is 1. The van der Waals surface area contributed by atoms with Crippen molar-refractivity contribution in [1.82, 2.24) is 15.3 Å². The Morgan fingerprint density at radius 3 is 2.60 bits per heavy atom. The zero-order valence-electron chi connectivity index (χ0n) is 19.1. The van der Waals surface area contributed by atoms with Gasteiger partial charge in [-0.15, -0.1) is 11.8 Å². The normalized spacial score (nSPS) is 12.4. The smallest absolute Gasteiger partial charge is 0.393 e. The highest BCUT2D eigenvalue weighted by atomic mass is 32.2. The molecule has 1 amide bonds. The van der Waals surface area contributed by atoms with E-state index in [1.807, 2.05) is 13.2 Å². The van der Waals surface area contributed by atoms with Crippen LogP contribution >= 0.6 is 11.8 Å². The Kier molecular flexibility index (Phi) is 8.13. The summed E-state index contributed by atoms with van der Waals surface area (Å²) in [5.41, 5.74) is 8.03. The number of nitrogens with one attached hydrogen (secondary N) is 2. The van der Waals surface area contributed by atoms with Crippen LogP contribution in [0.25, 0.3) is 5.57 Å². The Labute approximate surface area is 204 Å². The van der Waals surface area contributed by atoms with Gasteiger partial charge < -0.3 is 16.4 Å².